The van der Waals surface area contributed by atoms with Crippen molar-refractivity contribution in [1.29, 1.82) is 0 Å². The van der Waals surface area contributed by atoms with Gasteiger partial charge in [0, 0.05) is 11.6 Å². The fourth-order valence-corrected chi connectivity index (χ4v) is 2.99. The van der Waals surface area contributed by atoms with Gasteiger partial charge in [0.1, 0.15) is 18.5 Å². The minimum absolute atomic E-state index is 0.0318. The number of methoxy groups -OCH3 is 1. The van der Waals surface area contributed by atoms with Crippen LogP contribution in [0.25, 0.3) is 0 Å². The molecular weight excluding hydrogens is 325 g/mol. The number of carbonyl (C=O) groups is 1. The number of hydrogen-bond acceptors (Lipinski definition) is 4. The Labute approximate surface area is 145 Å². The first-order valence-electron chi connectivity index (χ1n) is 8.11. The number of halogens is 1. The van der Waals surface area contributed by atoms with E-state index in [4.69, 9.17) is 14.6 Å². The fourth-order valence-electron chi connectivity index (χ4n) is 2.99. The Morgan fingerprint density at radius 2 is 2.04 bits per heavy atom. The van der Waals surface area contributed by atoms with Crippen LogP contribution in [0.15, 0.2) is 42.5 Å². The number of carboxylic acid groups (broad SMARTS) is 1. The summed E-state index contributed by atoms with van der Waals surface area (Å²) in [4.78, 5) is 11.1. The molecule has 2 atom stereocenters. The molecule has 3 rings (SSSR count). The highest BCUT2D eigenvalue weighted by molar-refractivity contribution is 5.74. The highest BCUT2D eigenvalue weighted by Crippen LogP contribution is 2.34. The van der Waals surface area contributed by atoms with Crippen LogP contribution in [0.3, 0.4) is 0 Å². The number of carboxylic acids is 1. The zero-order chi connectivity index (χ0) is 17.8. The Morgan fingerprint density at radius 3 is 2.72 bits per heavy atom. The Kier molecular flexibility index (Phi) is 5.19. The summed E-state index contributed by atoms with van der Waals surface area (Å²) in [6.07, 6.45) is 1.34. The molecule has 2 aromatic rings. The molecule has 6 heteroatoms. The molecule has 1 fully saturated rings. The average Bonchev–Trinajstić information content (AvgIpc) is 3.11. The number of nitrogens with one attached hydrogen (secondary N) is 1. The first-order chi connectivity index (χ1) is 12.1. The van der Waals surface area contributed by atoms with E-state index in [2.05, 4.69) is 5.32 Å². The van der Waals surface area contributed by atoms with Crippen LogP contribution in [0.5, 0.6) is 11.5 Å². The number of rotatable bonds is 6. The van der Waals surface area contributed by atoms with Crippen LogP contribution in [0.2, 0.25) is 0 Å². The fraction of sp³-hybridized carbons (Fsp3) is 0.316. The van der Waals surface area contributed by atoms with Crippen molar-refractivity contribution in [3.8, 4) is 11.5 Å². The van der Waals surface area contributed by atoms with E-state index in [9.17, 15) is 9.18 Å². The van der Waals surface area contributed by atoms with Gasteiger partial charge in [-0.3, -0.25) is 10.1 Å². The summed E-state index contributed by atoms with van der Waals surface area (Å²) in [5.74, 6) is -0.0936. The van der Waals surface area contributed by atoms with Crippen LogP contribution in [-0.2, 0) is 11.4 Å². The van der Waals surface area contributed by atoms with E-state index in [1.165, 1.54) is 13.2 Å². The third kappa shape index (κ3) is 3.91. The lowest BCUT2D eigenvalue weighted by molar-refractivity contribution is -0.139. The molecule has 0 amide bonds. The van der Waals surface area contributed by atoms with E-state index in [1.807, 2.05) is 12.1 Å². The molecule has 0 saturated carbocycles. The molecule has 25 heavy (non-hydrogen) atoms. The third-order valence-electron chi connectivity index (χ3n) is 4.38. The van der Waals surface area contributed by atoms with E-state index in [0.717, 1.165) is 12.0 Å². The minimum Gasteiger partial charge on any atom is -0.493 e. The van der Waals surface area contributed by atoms with Gasteiger partial charge < -0.3 is 14.6 Å². The number of benzene rings is 2. The molecule has 0 aliphatic carbocycles. The number of hydrogen-bond donors (Lipinski definition) is 2. The van der Waals surface area contributed by atoms with Gasteiger partial charge in [0.15, 0.2) is 11.5 Å². The predicted molar refractivity (Wildman–Crippen MR) is 90.3 cm³/mol. The molecule has 5 nitrogen and oxygen atoms in total. The molecule has 2 aromatic carbocycles. The second kappa shape index (κ2) is 7.53. The van der Waals surface area contributed by atoms with Gasteiger partial charge in [-0.1, -0.05) is 24.3 Å². The van der Waals surface area contributed by atoms with Crippen LogP contribution in [0.4, 0.5) is 4.39 Å². The van der Waals surface area contributed by atoms with Gasteiger partial charge in [-0.2, -0.15) is 0 Å². The van der Waals surface area contributed by atoms with Gasteiger partial charge in [-0.15, -0.1) is 0 Å². The van der Waals surface area contributed by atoms with E-state index < -0.39 is 12.0 Å². The topological polar surface area (TPSA) is 67.8 Å². The largest absolute Gasteiger partial charge is 0.493 e. The zero-order valence-corrected chi connectivity index (χ0v) is 13.9. The van der Waals surface area contributed by atoms with Crippen LogP contribution in [0, 0.1) is 5.82 Å². The van der Waals surface area contributed by atoms with Gasteiger partial charge in [-0.05, 0) is 36.6 Å². The third-order valence-corrected chi connectivity index (χ3v) is 4.38. The van der Waals surface area contributed by atoms with Crippen molar-refractivity contribution >= 4 is 5.97 Å². The maximum absolute atomic E-state index is 13.7. The Morgan fingerprint density at radius 1 is 1.24 bits per heavy atom. The molecule has 0 radical (unpaired) electrons. The lowest BCUT2D eigenvalue weighted by Gasteiger charge is -2.16. The van der Waals surface area contributed by atoms with Crippen molar-refractivity contribution in [1.82, 2.24) is 5.32 Å². The normalized spacial score (nSPS) is 19.6. The molecule has 1 aliphatic heterocycles. The maximum Gasteiger partial charge on any atom is 0.320 e. The first kappa shape index (κ1) is 17.2. The van der Waals surface area contributed by atoms with Crippen molar-refractivity contribution < 1.29 is 23.8 Å². The molecule has 0 aromatic heterocycles. The molecule has 1 saturated heterocycles. The van der Waals surface area contributed by atoms with Gasteiger partial charge in [-0.25, -0.2) is 4.39 Å². The maximum atomic E-state index is 13.7. The lowest BCUT2D eigenvalue weighted by atomic mass is 10.0. The summed E-state index contributed by atoms with van der Waals surface area (Å²) in [6.45, 7) is 0.102. The van der Waals surface area contributed by atoms with E-state index >= 15 is 0 Å². The van der Waals surface area contributed by atoms with Crippen LogP contribution in [-0.4, -0.2) is 24.2 Å². The monoisotopic (exact) mass is 345 g/mol. The summed E-state index contributed by atoms with van der Waals surface area (Å²) in [5.41, 5.74) is 1.41. The summed E-state index contributed by atoms with van der Waals surface area (Å²) >= 11 is 0. The van der Waals surface area contributed by atoms with Crippen molar-refractivity contribution in [2.24, 2.45) is 0 Å². The summed E-state index contributed by atoms with van der Waals surface area (Å²) < 4.78 is 24.7. The second-order valence-electron chi connectivity index (χ2n) is 5.98. The van der Waals surface area contributed by atoms with Gasteiger partial charge in [0.2, 0.25) is 0 Å². The molecule has 0 bridgehead atoms. The molecule has 1 heterocycles. The first-order valence-corrected chi connectivity index (χ1v) is 8.11. The highest BCUT2D eigenvalue weighted by atomic mass is 19.1. The SMILES string of the molecule is COc1cc([C@H]2CC[C@@H](C(=O)O)N2)ccc1OCc1ccccc1F. The van der Waals surface area contributed by atoms with E-state index in [1.54, 1.807) is 24.3 Å². The minimum atomic E-state index is -0.834. The number of ether oxygens (including phenoxy) is 2. The molecule has 1 aliphatic rings. The highest BCUT2D eigenvalue weighted by Gasteiger charge is 2.30. The molecule has 0 unspecified atom stereocenters. The summed E-state index contributed by atoms with van der Waals surface area (Å²) in [6, 6.07) is 11.4. The van der Waals surface area contributed by atoms with Gasteiger partial charge in [0.05, 0.1) is 7.11 Å². The van der Waals surface area contributed by atoms with Crippen molar-refractivity contribution in [2.45, 2.75) is 31.5 Å². The Hall–Kier alpha value is -2.60. The van der Waals surface area contributed by atoms with E-state index in [0.29, 0.717) is 23.5 Å². The van der Waals surface area contributed by atoms with Crippen LogP contribution < -0.4 is 14.8 Å². The molecule has 2 N–H and O–H groups in total. The predicted octanol–water partition coefficient (Wildman–Crippen LogP) is 3.29. The summed E-state index contributed by atoms with van der Waals surface area (Å²) in [7, 11) is 1.54. The second-order valence-corrected chi connectivity index (χ2v) is 5.98. The summed E-state index contributed by atoms with van der Waals surface area (Å²) in [5, 5.41) is 12.2. The van der Waals surface area contributed by atoms with Crippen LogP contribution >= 0.6 is 0 Å². The Bertz CT molecular complexity index is 765. The smallest absolute Gasteiger partial charge is 0.320 e. The van der Waals surface area contributed by atoms with Crippen molar-refractivity contribution in [3.63, 3.8) is 0 Å². The van der Waals surface area contributed by atoms with E-state index in [-0.39, 0.29) is 18.5 Å². The quantitative estimate of drug-likeness (QED) is 0.841. The number of aliphatic carboxylic acids is 1. The van der Waals surface area contributed by atoms with Gasteiger partial charge >= 0.3 is 5.97 Å². The average molecular weight is 345 g/mol. The zero-order valence-electron chi connectivity index (χ0n) is 13.9. The molecule has 132 valence electrons. The van der Waals surface area contributed by atoms with Crippen molar-refractivity contribution in [3.05, 3.63) is 59.4 Å². The van der Waals surface area contributed by atoms with Gasteiger partial charge in [0.25, 0.3) is 0 Å². The lowest BCUT2D eigenvalue weighted by Crippen LogP contribution is -2.31. The standard InChI is InChI=1S/C19H20FNO4/c1-24-18-10-12(15-7-8-16(21-15)19(22)23)6-9-17(18)25-11-13-4-2-3-5-14(13)20/h2-6,9-10,15-16,21H,7-8,11H2,1H3,(H,22,23)/t15-,16+/m1/s1. The Balaban J connectivity index is 1.72. The van der Waals surface area contributed by atoms with Crippen molar-refractivity contribution in [2.75, 3.05) is 7.11 Å². The molecule has 0 spiro atoms. The van der Waals surface area contributed by atoms with Crippen LogP contribution in [0.1, 0.15) is 30.0 Å². The molecular formula is C19H20FNO4.